The smallest absolute Gasteiger partial charge is 0.243 e. The van der Waals surface area contributed by atoms with Crippen LogP contribution < -0.4 is 5.32 Å². The second-order valence-electron chi connectivity index (χ2n) is 8.09. The highest BCUT2D eigenvalue weighted by Gasteiger charge is 2.46. The number of carbonyl (C=O) groups is 1. The highest BCUT2D eigenvalue weighted by molar-refractivity contribution is 7.89. The van der Waals surface area contributed by atoms with E-state index in [-0.39, 0.29) is 24.5 Å². The normalized spacial score (nSPS) is 22.6. The summed E-state index contributed by atoms with van der Waals surface area (Å²) < 4.78 is 28.2. The van der Waals surface area contributed by atoms with E-state index in [1.165, 1.54) is 0 Å². The molecule has 2 fully saturated rings. The molecule has 2 aromatic rings. The average molecular weight is 414 g/mol. The van der Waals surface area contributed by atoms with Gasteiger partial charge in [0.2, 0.25) is 15.9 Å². The van der Waals surface area contributed by atoms with Gasteiger partial charge in [-0.25, -0.2) is 8.42 Å². The predicted molar refractivity (Wildman–Crippen MR) is 113 cm³/mol. The maximum Gasteiger partial charge on any atom is 0.243 e. The van der Waals surface area contributed by atoms with Gasteiger partial charge in [0.25, 0.3) is 0 Å². The Morgan fingerprint density at radius 2 is 1.72 bits per heavy atom. The Bertz CT molecular complexity index is 1010. The number of para-hydroxylation sites is 1. The van der Waals surface area contributed by atoms with Crippen LogP contribution in [-0.2, 0) is 14.8 Å². The molecule has 0 aromatic heterocycles. The molecule has 2 unspecified atom stereocenters. The van der Waals surface area contributed by atoms with Crippen molar-refractivity contribution in [1.82, 2.24) is 9.21 Å². The van der Waals surface area contributed by atoms with E-state index in [2.05, 4.69) is 10.2 Å². The van der Waals surface area contributed by atoms with E-state index in [9.17, 15) is 13.2 Å². The van der Waals surface area contributed by atoms with Crippen LogP contribution >= 0.6 is 0 Å². The van der Waals surface area contributed by atoms with Gasteiger partial charge in [-0.15, -0.1) is 0 Å². The number of carbonyl (C=O) groups excluding carboxylic acids is 1. The summed E-state index contributed by atoms with van der Waals surface area (Å²) in [4.78, 5) is 15.0. The van der Waals surface area contributed by atoms with E-state index in [0.29, 0.717) is 18.0 Å². The number of rotatable bonds is 5. The number of fused-ring (bicyclic) bond motifs is 2. The first kappa shape index (κ1) is 20.1. The highest BCUT2D eigenvalue weighted by Crippen LogP contribution is 2.35. The van der Waals surface area contributed by atoms with E-state index in [1.54, 1.807) is 22.5 Å². The van der Waals surface area contributed by atoms with Crippen molar-refractivity contribution < 1.29 is 13.2 Å². The van der Waals surface area contributed by atoms with Crippen LogP contribution in [0.15, 0.2) is 53.4 Å². The van der Waals surface area contributed by atoms with Gasteiger partial charge >= 0.3 is 0 Å². The van der Waals surface area contributed by atoms with Gasteiger partial charge in [-0.05, 0) is 56.0 Å². The molecule has 4 rings (SSSR count). The monoisotopic (exact) mass is 413 g/mol. The molecule has 0 saturated carbocycles. The zero-order valence-electron chi connectivity index (χ0n) is 16.8. The minimum absolute atomic E-state index is 0.0614. The molecule has 0 aliphatic carbocycles. The largest absolute Gasteiger partial charge is 0.325 e. The molecule has 2 bridgehead atoms. The molecule has 0 spiro atoms. The molecule has 2 aliphatic heterocycles. The zero-order valence-corrected chi connectivity index (χ0v) is 17.7. The van der Waals surface area contributed by atoms with Gasteiger partial charge < -0.3 is 5.32 Å². The van der Waals surface area contributed by atoms with Gasteiger partial charge in [-0.1, -0.05) is 30.3 Å². The topological polar surface area (TPSA) is 69.7 Å². The highest BCUT2D eigenvalue weighted by atomic mass is 32.2. The first-order chi connectivity index (χ1) is 13.8. The summed E-state index contributed by atoms with van der Waals surface area (Å²) in [5.41, 5.74) is 2.78. The number of sulfonamides is 1. The molecular weight excluding hydrogens is 386 g/mol. The summed E-state index contributed by atoms with van der Waals surface area (Å²) in [6, 6.07) is 14.6. The van der Waals surface area contributed by atoms with E-state index in [0.717, 1.165) is 29.7 Å². The van der Waals surface area contributed by atoms with Crippen LogP contribution in [0.3, 0.4) is 0 Å². The molecule has 6 nitrogen and oxygen atoms in total. The van der Waals surface area contributed by atoms with Gasteiger partial charge in [0, 0.05) is 30.9 Å². The SMILES string of the molecule is Cc1cccc(S(=O)(=O)N2C3CCC2CN(CC(=O)Nc2ccccc2C)C3)c1. The number of piperazine rings is 1. The summed E-state index contributed by atoms with van der Waals surface area (Å²) in [6.45, 7) is 5.31. The second kappa shape index (κ2) is 7.89. The number of nitrogens with zero attached hydrogens (tertiary/aromatic N) is 2. The summed E-state index contributed by atoms with van der Waals surface area (Å²) >= 11 is 0. The van der Waals surface area contributed by atoms with Crippen LogP contribution in [0, 0.1) is 13.8 Å². The van der Waals surface area contributed by atoms with Gasteiger partial charge in [0.15, 0.2) is 0 Å². The number of aryl methyl sites for hydroxylation is 2. The molecular formula is C22H27N3O3S. The van der Waals surface area contributed by atoms with Crippen LogP contribution in [0.5, 0.6) is 0 Å². The molecule has 2 saturated heterocycles. The number of amides is 1. The van der Waals surface area contributed by atoms with Crippen LogP contribution in [0.25, 0.3) is 0 Å². The van der Waals surface area contributed by atoms with E-state index in [4.69, 9.17) is 0 Å². The third-order valence-electron chi connectivity index (χ3n) is 5.84. The number of benzene rings is 2. The van der Waals surface area contributed by atoms with Crippen molar-refractivity contribution in [3.05, 3.63) is 59.7 Å². The van der Waals surface area contributed by atoms with Crippen molar-refractivity contribution >= 4 is 21.6 Å². The van der Waals surface area contributed by atoms with Crippen LogP contribution in [0.4, 0.5) is 5.69 Å². The number of likely N-dealkylation sites (tertiary alicyclic amines) is 1. The minimum atomic E-state index is -3.52. The lowest BCUT2D eigenvalue weighted by molar-refractivity contribution is -0.117. The van der Waals surface area contributed by atoms with Crippen molar-refractivity contribution in [1.29, 1.82) is 0 Å². The Morgan fingerprint density at radius 1 is 1.03 bits per heavy atom. The number of hydrogen-bond acceptors (Lipinski definition) is 4. The first-order valence-electron chi connectivity index (χ1n) is 10.0. The fourth-order valence-corrected chi connectivity index (χ4v) is 6.43. The molecule has 2 atom stereocenters. The van der Waals surface area contributed by atoms with Gasteiger partial charge in [-0.2, -0.15) is 4.31 Å². The van der Waals surface area contributed by atoms with Gasteiger partial charge in [-0.3, -0.25) is 9.69 Å². The molecule has 2 aromatic carbocycles. The van der Waals surface area contributed by atoms with Gasteiger partial charge in [0.1, 0.15) is 0 Å². The van der Waals surface area contributed by atoms with Crippen molar-refractivity contribution in [2.75, 3.05) is 25.0 Å². The van der Waals surface area contributed by atoms with Crippen molar-refractivity contribution in [2.45, 2.75) is 43.7 Å². The minimum Gasteiger partial charge on any atom is -0.325 e. The molecule has 29 heavy (non-hydrogen) atoms. The molecule has 1 amide bonds. The van der Waals surface area contributed by atoms with Crippen molar-refractivity contribution in [3.63, 3.8) is 0 Å². The number of hydrogen-bond donors (Lipinski definition) is 1. The summed E-state index contributed by atoms with van der Waals surface area (Å²) in [5, 5.41) is 2.97. The molecule has 7 heteroatoms. The fraction of sp³-hybridized carbons (Fsp3) is 0.409. The predicted octanol–water partition coefficient (Wildman–Crippen LogP) is 2.78. The van der Waals surface area contributed by atoms with Crippen LogP contribution in [-0.4, -0.2) is 55.2 Å². The second-order valence-corrected chi connectivity index (χ2v) is 9.94. The molecule has 2 aliphatic rings. The molecule has 0 radical (unpaired) electrons. The summed E-state index contributed by atoms with van der Waals surface area (Å²) in [7, 11) is -3.52. The Morgan fingerprint density at radius 3 is 2.38 bits per heavy atom. The Labute approximate surface area is 172 Å². The first-order valence-corrected chi connectivity index (χ1v) is 11.5. The Hall–Kier alpha value is -2.22. The van der Waals surface area contributed by atoms with Crippen LogP contribution in [0.1, 0.15) is 24.0 Å². The molecule has 1 N–H and O–H groups in total. The quantitative estimate of drug-likeness (QED) is 0.818. The zero-order chi connectivity index (χ0) is 20.6. The van der Waals surface area contributed by atoms with Crippen molar-refractivity contribution in [3.8, 4) is 0 Å². The van der Waals surface area contributed by atoms with Crippen molar-refractivity contribution in [2.24, 2.45) is 0 Å². The van der Waals surface area contributed by atoms with Gasteiger partial charge in [0.05, 0.1) is 11.4 Å². The number of nitrogens with one attached hydrogen (secondary N) is 1. The summed E-state index contributed by atoms with van der Waals surface area (Å²) in [6.07, 6.45) is 1.68. The third kappa shape index (κ3) is 4.08. The molecule has 154 valence electrons. The fourth-order valence-electron chi connectivity index (χ4n) is 4.48. The van der Waals surface area contributed by atoms with E-state index >= 15 is 0 Å². The maximum atomic E-state index is 13.2. The van der Waals surface area contributed by atoms with Crippen LogP contribution in [0.2, 0.25) is 0 Å². The number of anilines is 1. The lowest BCUT2D eigenvalue weighted by atomic mass is 10.2. The Kier molecular flexibility index (Phi) is 5.46. The summed E-state index contributed by atoms with van der Waals surface area (Å²) in [5.74, 6) is -0.0614. The van der Waals surface area contributed by atoms with E-state index < -0.39 is 10.0 Å². The van der Waals surface area contributed by atoms with E-state index in [1.807, 2.05) is 44.2 Å². The third-order valence-corrected chi connectivity index (χ3v) is 7.84. The average Bonchev–Trinajstić information content (AvgIpc) is 2.96. The molecule has 2 heterocycles. The lowest BCUT2D eigenvalue weighted by Gasteiger charge is -2.39. The lowest BCUT2D eigenvalue weighted by Crippen LogP contribution is -2.56. The Balaban J connectivity index is 1.44. The standard InChI is InChI=1S/C22H27N3O3S/c1-16-6-5-8-20(12-16)29(27,28)25-18-10-11-19(25)14-24(13-18)15-22(26)23-21-9-4-3-7-17(21)2/h3-9,12,18-19H,10-11,13-15H2,1-2H3,(H,23,26). The maximum absolute atomic E-state index is 13.2.